The Labute approximate surface area is 122 Å². The zero-order chi connectivity index (χ0) is 14.1. The summed E-state index contributed by atoms with van der Waals surface area (Å²) >= 11 is 6.54. The van der Waals surface area contributed by atoms with Gasteiger partial charge in [-0.05, 0) is 42.9 Å². The molecule has 0 aliphatic heterocycles. The zero-order valence-electron chi connectivity index (χ0n) is 11.4. The van der Waals surface area contributed by atoms with Crippen molar-refractivity contribution in [3.63, 3.8) is 0 Å². The number of hydrogen-bond donors (Lipinski definition) is 1. The summed E-state index contributed by atoms with van der Waals surface area (Å²) in [7, 11) is 1.62. The van der Waals surface area contributed by atoms with E-state index in [9.17, 15) is 0 Å². The lowest BCUT2D eigenvalue weighted by molar-refractivity contribution is 0.406. The third-order valence-electron chi connectivity index (χ3n) is 3.79. The number of fused-ring (bicyclic) bond motifs is 1. The molecule has 4 nitrogen and oxygen atoms in total. The first-order valence-corrected chi connectivity index (χ1v) is 7.19. The molecule has 5 heteroatoms. The van der Waals surface area contributed by atoms with Gasteiger partial charge < -0.3 is 15.0 Å². The Hall–Kier alpha value is -1.68. The normalized spacial score (nSPS) is 14.7. The number of hydrogen-bond acceptors (Lipinski definition) is 4. The first-order chi connectivity index (χ1) is 9.70. The van der Waals surface area contributed by atoms with Crippen molar-refractivity contribution < 1.29 is 9.26 Å². The van der Waals surface area contributed by atoms with Crippen LogP contribution in [0.25, 0.3) is 11.3 Å². The molecule has 0 saturated carbocycles. The van der Waals surface area contributed by atoms with E-state index >= 15 is 0 Å². The molecule has 1 aliphatic rings. The largest absolute Gasteiger partial charge is 0.494 e. The maximum Gasteiger partial charge on any atom is 0.172 e. The van der Waals surface area contributed by atoms with E-state index in [1.807, 2.05) is 0 Å². The van der Waals surface area contributed by atoms with Crippen molar-refractivity contribution in [2.45, 2.75) is 32.1 Å². The molecule has 0 saturated heterocycles. The van der Waals surface area contributed by atoms with E-state index in [0.717, 1.165) is 18.4 Å². The number of methoxy groups -OCH3 is 1. The second-order valence-electron chi connectivity index (χ2n) is 5.09. The molecule has 1 heterocycles. The molecule has 3 rings (SSSR count). The fourth-order valence-electron chi connectivity index (χ4n) is 2.81. The van der Waals surface area contributed by atoms with Gasteiger partial charge in [0.1, 0.15) is 5.75 Å². The lowest BCUT2D eigenvalue weighted by Gasteiger charge is -2.15. The lowest BCUT2D eigenvalue weighted by Crippen LogP contribution is -1.98. The van der Waals surface area contributed by atoms with Crippen LogP contribution in [-0.4, -0.2) is 12.3 Å². The van der Waals surface area contributed by atoms with Crippen LogP contribution in [0.1, 0.15) is 30.4 Å². The topological polar surface area (TPSA) is 61.3 Å². The molecule has 0 fully saturated rings. The van der Waals surface area contributed by atoms with Crippen LogP contribution in [0.15, 0.2) is 16.7 Å². The number of ether oxygens (including phenoxy) is 1. The second kappa shape index (κ2) is 5.37. The Morgan fingerprint density at radius 2 is 2.05 bits per heavy atom. The highest BCUT2D eigenvalue weighted by Crippen LogP contribution is 2.42. The van der Waals surface area contributed by atoms with Gasteiger partial charge in [-0.3, -0.25) is 0 Å². The summed E-state index contributed by atoms with van der Waals surface area (Å²) in [6.45, 7) is 0. The van der Waals surface area contributed by atoms with Crippen LogP contribution < -0.4 is 10.5 Å². The van der Waals surface area contributed by atoms with E-state index in [1.54, 1.807) is 13.2 Å². The molecule has 106 valence electrons. The molecule has 0 unspecified atom stereocenters. The van der Waals surface area contributed by atoms with Gasteiger partial charge in [0.25, 0.3) is 0 Å². The van der Waals surface area contributed by atoms with Gasteiger partial charge in [0.15, 0.2) is 11.6 Å². The summed E-state index contributed by atoms with van der Waals surface area (Å²) in [6, 6.07) is 3.79. The molecule has 0 spiro atoms. The molecule has 1 aromatic heterocycles. The molecule has 2 N–H and O–H groups in total. The fraction of sp³-hybridized carbons (Fsp3) is 0.400. The van der Waals surface area contributed by atoms with Crippen molar-refractivity contribution in [3.8, 4) is 17.1 Å². The fourth-order valence-corrected chi connectivity index (χ4v) is 3.20. The van der Waals surface area contributed by atoms with Crippen LogP contribution in [0.5, 0.6) is 5.75 Å². The van der Waals surface area contributed by atoms with Gasteiger partial charge in [-0.15, -0.1) is 0 Å². The first kappa shape index (κ1) is 13.3. The van der Waals surface area contributed by atoms with Crippen LogP contribution in [0, 0.1) is 0 Å². The van der Waals surface area contributed by atoms with Gasteiger partial charge in [-0.2, -0.15) is 0 Å². The van der Waals surface area contributed by atoms with E-state index in [0.29, 0.717) is 22.4 Å². The molecule has 0 amide bonds. The summed E-state index contributed by atoms with van der Waals surface area (Å²) in [6.07, 6.45) is 5.63. The summed E-state index contributed by atoms with van der Waals surface area (Å²) in [4.78, 5) is 0. The number of benzene rings is 1. The molecular formula is C15H17ClN2O2. The lowest BCUT2D eigenvalue weighted by atomic mass is 9.97. The van der Waals surface area contributed by atoms with Crippen molar-refractivity contribution in [2.24, 2.45) is 0 Å². The monoisotopic (exact) mass is 292 g/mol. The Bertz CT molecular complexity index is 637. The van der Waals surface area contributed by atoms with Gasteiger partial charge >= 0.3 is 0 Å². The average molecular weight is 293 g/mol. The molecular weight excluding hydrogens is 276 g/mol. The van der Waals surface area contributed by atoms with Gasteiger partial charge in [0, 0.05) is 6.07 Å². The standard InChI is InChI=1S/C15H17ClN2O2/c1-19-15-11(12-8-13(17)18-20-12)7-9-5-3-2-4-6-10(9)14(15)16/h7-8H,2-6H2,1H3,(H2,17,18). The van der Waals surface area contributed by atoms with E-state index in [-0.39, 0.29) is 0 Å². The molecule has 20 heavy (non-hydrogen) atoms. The average Bonchev–Trinajstić information content (AvgIpc) is 2.73. The van der Waals surface area contributed by atoms with Crippen molar-refractivity contribution in [3.05, 3.63) is 28.3 Å². The SMILES string of the molecule is COc1c(-c2cc(N)no2)cc2c(c1Cl)CCCCC2. The summed E-state index contributed by atoms with van der Waals surface area (Å²) in [5.74, 6) is 1.59. The van der Waals surface area contributed by atoms with Crippen LogP contribution in [-0.2, 0) is 12.8 Å². The van der Waals surface area contributed by atoms with Crippen molar-refractivity contribution >= 4 is 17.4 Å². The minimum Gasteiger partial charge on any atom is -0.494 e. The van der Waals surface area contributed by atoms with Gasteiger partial charge in [-0.25, -0.2) is 0 Å². The predicted octanol–water partition coefficient (Wildman–Crippen LogP) is 3.85. The highest BCUT2D eigenvalue weighted by molar-refractivity contribution is 6.33. The minimum atomic E-state index is 0.355. The second-order valence-corrected chi connectivity index (χ2v) is 5.46. The number of anilines is 1. The Balaban J connectivity index is 2.19. The maximum atomic E-state index is 6.54. The number of aryl methyl sites for hydroxylation is 1. The molecule has 0 radical (unpaired) electrons. The number of aromatic nitrogens is 1. The maximum absolute atomic E-state index is 6.54. The predicted molar refractivity (Wildman–Crippen MR) is 79.2 cm³/mol. The number of nitrogens with zero attached hydrogens (tertiary/aromatic N) is 1. The van der Waals surface area contributed by atoms with Gasteiger partial charge in [-0.1, -0.05) is 23.2 Å². The Morgan fingerprint density at radius 1 is 1.25 bits per heavy atom. The number of nitrogens with two attached hydrogens (primary N) is 1. The van der Waals surface area contributed by atoms with Gasteiger partial charge in [0.2, 0.25) is 0 Å². The zero-order valence-corrected chi connectivity index (χ0v) is 12.2. The van der Waals surface area contributed by atoms with Crippen LogP contribution in [0.4, 0.5) is 5.82 Å². The quantitative estimate of drug-likeness (QED) is 0.854. The minimum absolute atomic E-state index is 0.355. The third-order valence-corrected chi connectivity index (χ3v) is 4.19. The molecule has 0 bridgehead atoms. The van der Waals surface area contributed by atoms with Crippen LogP contribution >= 0.6 is 11.6 Å². The Morgan fingerprint density at radius 3 is 2.75 bits per heavy atom. The molecule has 0 atom stereocenters. The first-order valence-electron chi connectivity index (χ1n) is 6.81. The highest BCUT2D eigenvalue weighted by atomic mass is 35.5. The van der Waals surface area contributed by atoms with Crippen LogP contribution in [0.3, 0.4) is 0 Å². The molecule has 1 aromatic carbocycles. The number of nitrogen functional groups attached to an aromatic ring is 1. The van der Waals surface area contributed by atoms with Gasteiger partial charge in [0.05, 0.1) is 17.7 Å². The Kier molecular flexibility index (Phi) is 3.57. The third kappa shape index (κ3) is 2.24. The smallest absolute Gasteiger partial charge is 0.172 e. The molecule has 1 aliphatic carbocycles. The van der Waals surface area contributed by atoms with Crippen LogP contribution in [0.2, 0.25) is 5.02 Å². The highest BCUT2D eigenvalue weighted by Gasteiger charge is 2.21. The van der Waals surface area contributed by atoms with Crippen molar-refractivity contribution in [1.29, 1.82) is 0 Å². The summed E-state index contributed by atoms with van der Waals surface area (Å²) in [5.41, 5.74) is 8.93. The van der Waals surface area contributed by atoms with Crippen molar-refractivity contribution in [2.75, 3.05) is 12.8 Å². The van der Waals surface area contributed by atoms with E-state index in [4.69, 9.17) is 26.6 Å². The van der Waals surface area contributed by atoms with E-state index in [2.05, 4.69) is 11.2 Å². The van der Waals surface area contributed by atoms with E-state index < -0.39 is 0 Å². The summed E-state index contributed by atoms with van der Waals surface area (Å²) < 4.78 is 10.7. The van der Waals surface area contributed by atoms with Crippen molar-refractivity contribution in [1.82, 2.24) is 5.16 Å². The summed E-state index contributed by atoms with van der Waals surface area (Å²) in [5, 5.41) is 4.42. The molecule has 2 aromatic rings. The number of halogens is 1. The van der Waals surface area contributed by atoms with E-state index in [1.165, 1.54) is 30.4 Å². The number of rotatable bonds is 2.